The van der Waals surface area contributed by atoms with Crippen LogP contribution in [0, 0.1) is 11.8 Å². The minimum atomic E-state index is -1.72. The monoisotopic (exact) mass is 741 g/mol. The molecule has 2 rings (SSSR count). The molecule has 0 aromatic rings. The van der Waals surface area contributed by atoms with E-state index in [2.05, 4.69) is 21.3 Å². The highest BCUT2D eigenvalue weighted by atomic mass is 16.4. The molecule has 0 spiro atoms. The third kappa shape index (κ3) is 12.1. The number of aliphatic hydroxyl groups excluding tert-OH is 1. The van der Waals surface area contributed by atoms with Crippen molar-refractivity contribution in [2.24, 2.45) is 17.6 Å². The van der Waals surface area contributed by atoms with Crippen LogP contribution in [0.1, 0.15) is 72.6 Å². The van der Waals surface area contributed by atoms with Crippen molar-refractivity contribution < 1.29 is 63.6 Å². The van der Waals surface area contributed by atoms with Crippen LogP contribution < -0.4 is 27.0 Å². The minimum absolute atomic E-state index is 0.0854. The Morgan fingerprint density at radius 2 is 1.15 bits per heavy atom. The van der Waals surface area contributed by atoms with E-state index >= 15 is 0 Å². The van der Waals surface area contributed by atoms with Crippen LogP contribution in [-0.4, -0.2) is 146 Å². The first-order valence-electron chi connectivity index (χ1n) is 17.1. The molecule has 0 aliphatic carbocycles. The third-order valence-electron chi connectivity index (χ3n) is 8.77. The SMILES string of the molecule is CC(C)C[C@H](NC(=O)[C@@H](NC(=O)[C@@H]1CCCN1C(=O)[C@H](CO)NC(=O)[C@@H](N)CC(=O)O)C(C)C)C(=O)N1CCC[C@H]1C(=O)N[C@@H](CC(=O)O)C(=O)O. The van der Waals surface area contributed by atoms with Crippen molar-refractivity contribution in [2.45, 2.75) is 115 Å². The Kier molecular flexibility index (Phi) is 16.4. The highest BCUT2D eigenvalue weighted by Gasteiger charge is 2.42. The predicted octanol–water partition coefficient (Wildman–Crippen LogP) is -3.04. The number of nitrogens with one attached hydrogen (secondary N) is 4. The van der Waals surface area contributed by atoms with E-state index in [1.54, 1.807) is 27.7 Å². The van der Waals surface area contributed by atoms with Crippen LogP contribution in [0.25, 0.3) is 0 Å². The molecule has 0 radical (unpaired) electrons. The van der Waals surface area contributed by atoms with Gasteiger partial charge in [0.2, 0.25) is 35.4 Å². The number of carbonyl (C=O) groups excluding carboxylic acids is 6. The van der Waals surface area contributed by atoms with E-state index in [0.29, 0.717) is 12.8 Å². The van der Waals surface area contributed by atoms with Gasteiger partial charge in [0.25, 0.3) is 0 Å². The number of carbonyl (C=O) groups is 9. The van der Waals surface area contributed by atoms with Crippen LogP contribution in [0.15, 0.2) is 0 Å². The fraction of sp³-hybridized carbons (Fsp3) is 0.719. The Hall–Kier alpha value is -4.85. The summed E-state index contributed by atoms with van der Waals surface area (Å²) in [6, 6.07) is -9.27. The molecule has 292 valence electrons. The molecule has 6 amide bonds. The van der Waals surface area contributed by atoms with Gasteiger partial charge in [0, 0.05) is 13.1 Å². The molecule has 0 aromatic carbocycles. The van der Waals surface area contributed by atoms with Crippen molar-refractivity contribution in [1.82, 2.24) is 31.1 Å². The van der Waals surface area contributed by atoms with Gasteiger partial charge in [0.15, 0.2) is 0 Å². The first-order valence-corrected chi connectivity index (χ1v) is 17.1. The lowest BCUT2D eigenvalue weighted by Crippen LogP contribution is -2.60. The van der Waals surface area contributed by atoms with E-state index < -0.39 is 121 Å². The van der Waals surface area contributed by atoms with Crippen LogP contribution in [0.2, 0.25) is 0 Å². The smallest absolute Gasteiger partial charge is 0.326 e. The number of carboxylic acids is 3. The van der Waals surface area contributed by atoms with Gasteiger partial charge in [-0.1, -0.05) is 27.7 Å². The number of aliphatic hydroxyl groups is 1. The highest BCUT2D eigenvalue weighted by Crippen LogP contribution is 2.22. The Morgan fingerprint density at radius 1 is 0.673 bits per heavy atom. The molecule has 20 nitrogen and oxygen atoms in total. The van der Waals surface area contributed by atoms with Gasteiger partial charge in [-0.25, -0.2) is 4.79 Å². The number of aliphatic carboxylic acids is 3. The van der Waals surface area contributed by atoms with E-state index in [0.717, 1.165) is 4.90 Å². The highest BCUT2D eigenvalue weighted by molar-refractivity contribution is 5.98. The molecule has 0 aromatic heterocycles. The van der Waals surface area contributed by atoms with Crippen LogP contribution in [0.5, 0.6) is 0 Å². The molecule has 2 saturated heterocycles. The minimum Gasteiger partial charge on any atom is -0.481 e. The van der Waals surface area contributed by atoms with Gasteiger partial charge < -0.3 is 57.2 Å². The summed E-state index contributed by atoms with van der Waals surface area (Å²) in [6.07, 6.45) is -0.310. The maximum atomic E-state index is 13.8. The molecule has 2 fully saturated rings. The van der Waals surface area contributed by atoms with Crippen molar-refractivity contribution in [3.63, 3.8) is 0 Å². The maximum Gasteiger partial charge on any atom is 0.326 e. The molecule has 0 bridgehead atoms. The van der Waals surface area contributed by atoms with Gasteiger partial charge >= 0.3 is 17.9 Å². The summed E-state index contributed by atoms with van der Waals surface area (Å²) in [5.74, 6) is -9.67. The average Bonchev–Trinajstić information content (AvgIpc) is 3.74. The standard InChI is InChI=1S/C32H51N7O13/c1-15(2)11-18(30(49)38-9-5-7-21(38)27(46)35-19(32(51)52)13-24(43)44)34-29(48)25(16(3)4)37-28(47)22-8-6-10-39(22)31(50)20(14-40)36-26(45)17(33)12-23(41)42/h15-22,25,40H,5-14,33H2,1-4H3,(H,34,48)(H,35,46)(H,36,45)(H,37,47)(H,41,42)(H,43,44)(H,51,52)/t17-,18-,19-,20-,21-,22-,25-/m0/s1. The summed E-state index contributed by atoms with van der Waals surface area (Å²) < 4.78 is 0. The van der Waals surface area contributed by atoms with E-state index in [9.17, 15) is 53.4 Å². The Morgan fingerprint density at radius 3 is 1.60 bits per heavy atom. The van der Waals surface area contributed by atoms with Crippen molar-refractivity contribution in [3.8, 4) is 0 Å². The lowest BCUT2D eigenvalue weighted by atomic mass is 9.99. The maximum absolute atomic E-state index is 13.8. The number of rotatable bonds is 19. The second kappa shape index (κ2) is 19.7. The van der Waals surface area contributed by atoms with Gasteiger partial charge in [-0.3, -0.25) is 38.4 Å². The zero-order chi connectivity index (χ0) is 39.4. The van der Waals surface area contributed by atoms with Crippen LogP contribution in [0.3, 0.4) is 0 Å². The Labute approximate surface area is 300 Å². The van der Waals surface area contributed by atoms with Gasteiger partial charge in [0.05, 0.1) is 25.5 Å². The number of carboxylic acid groups (broad SMARTS) is 3. The quantitative estimate of drug-likeness (QED) is 0.0636. The molecule has 2 heterocycles. The third-order valence-corrected chi connectivity index (χ3v) is 8.77. The summed E-state index contributed by atoms with van der Waals surface area (Å²) in [6.45, 7) is 6.25. The molecule has 2 aliphatic rings. The summed E-state index contributed by atoms with van der Waals surface area (Å²) in [7, 11) is 0. The molecule has 7 atom stereocenters. The van der Waals surface area contributed by atoms with Crippen molar-refractivity contribution in [2.75, 3.05) is 19.7 Å². The van der Waals surface area contributed by atoms with Crippen molar-refractivity contribution in [3.05, 3.63) is 0 Å². The molecule has 0 unspecified atom stereocenters. The number of nitrogens with two attached hydrogens (primary N) is 1. The van der Waals surface area contributed by atoms with Crippen LogP contribution in [0.4, 0.5) is 0 Å². The van der Waals surface area contributed by atoms with E-state index in [1.165, 1.54) is 4.90 Å². The normalized spacial score (nSPS) is 20.0. The second-order valence-electron chi connectivity index (χ2n) is 13.7. The predicted molar refractivity (Wildman–Crippen MR) is 179 cm³/mol. The lowest BCUT2D eigenvalue weighted by Gasteiger charge is -2.32. The number of amides is 6. The fourth-order valence-corrected chi connectivity index (χ4v) is 6.13. The molecule has 20 heteroatoms. The molecule has 0 saturated carbocycles. The van der Waals surface area contributed by atoms with E-state index in [4.69, 9.17) is 15.9 Å². The molecular weight excluding hydrogens is 690 g/mol. The Bertz CT molecular complexity index is 1370. The zero-order valence-electron chi connectivity index (χ0n) is 29.7. The summed E-state index contributed by atoms with van der Waals surface area (Å²) in [5.41, 5.74) is 5.56. The average molecular weight is 742 g/mol. The van der Waals surface area contributed by atoms with Gasteiger partial charge in [-0.15, -0.1) is 0 Å². The van der Waals surface area contributed by atoms with Crippen LogP contribution in [-0.2, 0) is 43.2 Å². The number of likely N-dealkylation sites (tertiary alicyclic amines) is 2. The van der Waals surface area contributed by atoms with Gasteiger partial charge in [-0.2, -0.15) is 0 Å². The van der Waals surface area contributed by atoms with Crippen LogP contribution >= 0.6 is 0 Å². The number of hydrogen-bond acceptors (Lipinski definition) is 11. The second-order valence-corrected chi connectivity index (χ2v) is 13.7. The molecular formula is C32H51N7O13. The van der Waals surface area contributed by atoms with Gasteiger partial charge in [-0.05, 0) is 43.9 Å². The first-order chi connectivity index (χ1) is 24.3. The summed E-state index contributed by atoms with van der Waals surface area (Å²) >= 11 is 0. The van der Waals surface area contributed by atoms with Crippen molar-refractivity contribution in [1.29, 1.82) is 0 Å². The number of nitrogens with zero attached hydrogens (tertiary/aromatic N) is 2. The summed E-state index contributed by atoms with van der Waals surface area (Å²) in [4.78, 5) is 116. The summed E-state index contributed by atoms with van der Waals surface area (Å²) in [5, 5.41) is 46.8. The first kappa shape index (κ1) is 43.3. The molecule has 2 aliphatic heterocycles. The lowest BCUT2D eigenvalue weighted by molar-refractivity contribution is -0.148. The molecule has 52 heavy (non-hydrogen) atoms. The van der Waals surface area contributed by atoms with Gasteiger partial charge in [0.1, 0.15) is 36.3 Å². The van der Waals surface area contributed by atoms with E-state index in [-0.39, 0.29) is 38.3 Å². The zero-order valence-corrected chi connectivity index (χ0v) is 29.7. The molecule has 10 N–H and O–H groups in total. The Balaban J connectivity index is 2.19. The fourth-order valence-electron chi connectivity index (χ4n) is 6.13. The van der Waals surface area contributed by atoms with E-state index in [1.807, 2.05) is 0 Å². The topological polar surface area (TPSA) is 315 Å². The number of hydrogen-bond donors (Lipinski definition) is 9. The largest absolute Gasteiger partial charge is 0.481 e. The van der Waals surface area contributed by atoms with Crippen molar-refractivity contribution >= 4 is 53.4 Å².